The summed E-state index contributed by atoms with van der Waals surface area (Å²) >= 11 is 0. The third kappa shape index (κ3) is 19.0. The number of aromatic nitrogens is 9. The number of fused-ring (bicyclic) bond motifs is 3. The monoisotopic (exact) mass is 1220 g/mol. The molecule has 0 aliphatic rings. The molecular weight excluding hydrogens is 1160 g/mol. The molecule has 0 amide bonds. The van der Waals surface area contributed by atoms with Crippen LogP contribution in [0.15, 0.2) is 106 Å². The first kappa shape index (κ1) is 69.8. The van der Waals surface area contributed by atoms with Crippen molar-refractivity contribution in [3.8, 4) is 0 Å². The number of Topliss-reactive ketones (excluding diaryl/α,β-unsaturated/α-hetero) is 2. The van der Waals surface area contributed by atoms with Crippen LogP contribution in [0, 0.1) is 11.8 Å². The van der Waals surface area contributed by atoms with E-state index in [9.17, 15) is 58.2 Å². The molecule has 9 aromatic rings. The Morgan fingerprint density at radius 2 is 0.841 bits per heavy atom. The summed E-state index contributed by atoms with van der Waals surface area (Å²) in [6, 6.07) is 20.5. The molecule has 0 saturated heterocycles. The number of nitrogens with two attached hydrogens (primary N) is 3. The van der Waals surface area contributed by atoms with Crippen LogP contribution in [0.5, 0.6) is 0 Å². The molecule has 0 bridgehead atoms. The SMILES string of the molecule is COC(=O)CCC(CC(=O)c1ccc(CCc2c[nH]c3nc(N)[nH]c(=O)c23)cc1)C(=O)OC.Nc1nc2[nH]cc(CCc3ccc(C(=O)C[C@@H](CCC(=O)[O-])C(=O)[O-])cc3)c2c(=O)[nH]1.Nc1nc2[nH]cc(CCc3ccc(C(=O)O)cc3)c2c(=O)[nH]1.[Na+].[Na+]. The second-order valence-corrected chi connectivity index (χ2v) is 19.9. The van der Waals surface area contributed by atoms with Crippen LogP contribution in [0.25, 0.3) is 33.1 Å². The Morgan fingerprint density at radius 1 is 0.500 bits per heavy atom. The van der Waals surface area contributed by atoms with Crippen molar-refractivity contribution in [2.24, 2.45) is 11.8 Å². The van der Waals surface area contributed by atoms with Gasteiger partial charge in [-0.25, -0.2) is 4.79 Å². The van der Waals surface area contributed by atoms with Crippen LogP contribution in [0.2, 0.25) is 0 Å². The van der Waals surface area contributed by atoms with Crippen LogP contribution in [-0.4, -0.2) is 106 Å². The Balaban J connectivity index is 0.000000242. The van der Waals surface area contributed by atoms with Gasteiger partial charge in [0.15, 0.2) is 11.6 Å². The van der Waals surface area contributed by atoms with E-state index in [-0.39, 0.29) is 137 Å². The maximum absolute atomic E-state index is 12.7. The molecule has 1 unspecified atom stereocenters. The molecule has 88 heavy (non-hydrogen) atoms. The number of nitrogen functional groups attached to an aromatic ring is 3. The summed E-state index contributed by atoms with van der Waals surface area (Å²) in [7, 11) is 2.52. The number of methoxy groups -OCH3 is 2. The van der Waals surface area contributed by atoms with Crippen LogP contribution >= 0.6 is 0 Å². The van der Waals surface area contributed by atoms with E-state index in [1.54, 1.807) is 79.3 Å². The van der Waals surface area contributed by atoms with E-state index in [0.717, 1.165) is 33.4 Å². The number of hydrogen-bond acceptors (Lipinski definition) is 20. The van der Waals surface area contributed by atoms with E-state index in [1.807, 2.05) is 12.1 Å². The number of aliphatic carboxylic acids is 2. The van der Waals surface area contributed by atoms with E-state index in [0.29, 0.717) is 82.8 Å². The smallest absolute Gasteiger partial charge is 0.550 e. The van der Waals surface area contributed by atoms with Crippen LogP contribution < -0.4 is 103 Å². The quantitative estimate of drug-likeness (QED) is 0.0158. The number of esters is 2. The van der Waals surface area contributed by atoms with E-state index in [1.165, 1.54) is 14.2 Å². The standard InChI is InChI=1S/C23H26N4O6.C21H22N4O6.C15H14N4O3.2Na/c1-32-18(29)10-9-15(22(31)33-2)11-17(28)14-6-3-13(4-7-14)5-8-16-12-25-20-19(16)21(30)27-23(24)26-20;22-21-24-18-17(19(29)25-21)14(10-23-18)6-3-11-1-4-12(5-2-11)15(26)9-13(20(30)31)7-8-16(27)28;16-15-18-12-11(13(20)19-15)10(7-17-12)6-3-8-1-4-9(5-2-8)14(21)22;;/h3-4,6-7,12,15H,5,8-11H2,1-2H3,(H4,24,25,26,27,30);1-2,4-5,10,13H,3,6-9H2,(H,27,28)(H,30,31)(H4,22,23,24,25,29);1-2,4-5,7H,3,6H2,(H,21,22)(H4,16,17,18,19,20);;/q;;;2*+1/p-2/t;13-;;;/m.1.../s1. The minimum absolute atomic E-state index is 0. The summed E-state index contributed by atoms with van der Waals surface area (Å²) in [4.78, 5) is 146. The van der Waals surface area contributed by atoms with Crippen LogP contribution in [0.3, 0.4) is 0 Å². The molecule has 0 aliphatic carbocycles. The number of benzene rings is 3. The number of carbonyl (C=O) groups excluding carboxylic acids is 6. The molecule has 6 aromatic heterocycles. The molecule has 13 N–H and O–H groups in total. The molecule has 0 aliphatic heterocycles. The Hall–Kier alpha value is -8.99. The first-order valence-corrected chi connectivity index (χ1v) is 26.8. The summed E-state index contributed by atoms with van der Waals surface area (Å²) in [6.45, 7) is 0. The average Bonchev–Trinajstić information content (AvgIpc) is 3.42. The van der Waals surface area contributed by atoms with Crippen LogP contribution in [-0.2, 0) is 67.2 Å². The van der Waals surface area contributed by atoms with Crippen molar-refractivity contribution in [2.75, 3.05) is 31.4 Å². The molecular formula is C59H60N12Na2O15. The number of aromatic carboxylic acids is 1. The molecule has 0 radical (unpaired) electrons. The summed E-state index contributed by atoms with van der Waals surface area (Å²) in [5.74, 6) is -7.13. The molecule has 6 heterocycles. The number of carbonyl (C=O) groups is 7. The molecule has 448 valence electrons. The number of nitrogens with zero attached hydrogens (tertiary/aromatic N) is 3. The minimum Gasteiger partial charge on any atom is -0.550 e. The Bertz CT molecular complexity index is 4130. The average molecular weight is 1220 g/mol. The Morgan fingerprint density at radius 3 is 1.16 bits per heavy atom. The fourth-order valence-corrected chi connectivity index (χ4v) is 9.46. The number of carboxylic acids is 3. The molecule has 0 fully saturated rings. The number of ether oxygens (including phenoxy) is 2. The molecule has 0 spiro atoms. The fourth-order valence-electron chi connectivity index (χ4n) is 9.46. The molecule has 2 atom stereocenters. The third-order valence-electron chi connectivity index (χ3n) is 14.1. The van der Waals surface area contributed by atoms with Crippen molar-refractivity contribution in [3.63, 3.8) is 0 Å². The van der Waals surface area contributed by atoms with E-state index < -0.39 is 53.9 Å². The van der Waals surface area contributed by atoms with Crippen molar-refractivity contribution >= 4 is 92.4 Å². The maximum atomic E-state index is 12.7. The number of rotatable bonds is 24. The Kier molecular flexibility index (Phi) is 25.9. The number of carboxylic acid groups (broad SMARTS) is 3. The number of nitrogens with one attached hydrogen (secondary N) is 6. The van der Waals surface area contributed by atoms with Gasteiger partial charge in [-0.05, 0) is 103 Å². The van der Waals surface area contributed by atoms with Crippen molar-refractivity contribution in [2.45, 2.75) is 77.0 Å². The van der Waals surface area contributed by atoms with Gasteiger partial charge in [0.1, 0.15) is 16.9 Å². The second kappa shape index (κ2) is 32.7. The zero-order chi connectivity index (χ0) is 62.2. The van der Waals surface area contributed by atoms with Gasteiger partial charge in [-0.15, -0.1) is 0 Å². The van der Waals surface area contributed by atoms with Gasteiger partial charge in [0.25, 0.3) is 16.7 Å². The van der Waals surface area contributed by atoms with E-state index >= 15 is 0 Å². The van der Waals surface area contributed by atoms with Gasteiger partial charge >= 0.3 is 77.0 Å². The zero-order valence-corrected chi connectivity index (χ0v) is 52.5. The topological polar surface area (TPSA) is 467 Å². The first-order chi connectivity index (χ1) is 41.1. The number of aryl methyl sites for hydroxylation is 6. The number of aromatic amines is 6. The molecule has 9 rings (SSSR count). The molecule has 29 heteroatoms. The van der Waals surface area contributed by atoms with Gasteiger partial charge in [0.2, 0.25) is 17.8 Å². The van der Waals surface area contributed by atoms with Gasteiger partial charge in [0.05, 0.1) is 41.9 Å². The zero-order valence-electron chi connectivity index (χ0n) is 48.5. The van der Waals surface area contributed by atoms with Crippen molar-refractivity contribution in [1.29, 1.82) is 0 Å². The van der Waals surface area contributed by atoms with Crippen molar-refractivity contribution in [3.05, 3.63) is 173 Å². The molecule has 0 saturated carbocycles. The summed E-state index contributed by atoms with van der Waals surface area (Å²) in [6.07, 6.45) is 8.04. The predicted octanol–water partition coefficient (Wildman–Crippen LogP) is -3.65. The number of ketones is 2. The first-order valence-electron chi connectivity index (χ1n) is 26.8. The molecule has 27 nitrogen and oxygen atoms in total. The van der Waals surface area contributed by atoms with Gasteiger partial charge in [-0.3, -0.25) is 48.5 Å². The summed E-state index contributed by atoms with van der Waals surface area (Å²) < 4.78 is 9.36. The predicted molar refractivity (Wildman–Crippen MR) is 309 cm³/mol. The van der Waals surface area contributed by atoms with E-state index in [2.05, 4.69) is 49.6 Å². The number of hydrogen-bond donors (Lipinski definition) is 10. The summed E-state index contributed by atoms with van der Waals surface area (Å²) in [5, 5.41) is 32.0. The van der Waals surface area contributed by atoms with Crippen molar-refractivity contribution < 1.29 is 117 Å². The van der Waals surface area contributed by atoms with Gasteiger partial charge < -0.3 is 66.5 Å². The van der Waals surface area contributed by atoms with E-state index in [4.69, 9.17) is 27.0 Å². The maximum Gasteiger partial charge on any atom is 1.00 e. The van der Waals surface area contributed by atoms with Crippen LogP contribution in [0.4, 0.5) is 17.8 Å². The van der Waals surface area contributed by atoms with Crippen LogP contribution in [0.1, 0.15) is 103 Å². The fraction of sp³-hybridized carbons (Fsp3) is 0.271. The largest absolute Gasteiger partial charge is 1.00 e. The Labute approximate surface area is 543 Å². The number of H-pyrrole nitrogens is 6. The minimum atomic E-state index is -1.46. The van der Waals surface area contributed by atoms with Gasteiger partial charge in [-0.2, -0.15) is 15.0 Å². The van der Waals surface area contributed by atoms with Gasteiger partial charge in [0, 0.05) is 66.8 Å². The van der Waals surface area contributed by atoms with Gasteiger partial charge in [-0.1, -0.05) is 60.7 Å². The number of anilines is 3. The molecule has 3 aromatic carbocycles. The third-order valence-corrected chi connectivity index (χ3v) is 14.1. The second-order valence-electron chi connectivity index (χ2n) is 19.9. The normalized spacial score (nSPS) is 11.4. The summed E-state index contributed by atoms with van der Waals surface area (Å²) in [5.41, 5.74) is 23.5. The van der Waals surface area contributed by atoms with Crippen molar-refractivity contribution in [1.82, 2.24) is 44.9 Å².